The Morgan fingerprint density at radius 1 is 1.64 bits per heavy atom. The van der Waals surface area contributed by atoms with Crippen LogP contribution in [0.2, 0.25) is 0 Å². The zero-order valence-electron chi connectivity index (χ0n) is 8.63. The first-order chi connectivity index (χ1) is 6.54. The van der Waals surface area contributed by atoms with Gasteiger partial charge in [-0.1, -0.05) is 6.92 Å². The maximum Gasteiger partial charge on any atom is 0.241 e. The summed E-state index contributed by atoms with van der Waals surface area (Å²) >= 11 is 1.47. The zero-order valence-corrected chi connectivity index (χ0v) is 9.44. The minimum Gasteiger partial charge on any atom is -0.320 e. The molecule has 1 rings (SSSR count). The molecule has 14 heavy (non-hydrogen) atoms. The summed E-state index contributed by atoms with van der Waals surface area (Å²) in [5.74, 6) is -0.140. The molecule has 0 fully saturated rings. The number of amides is 1. The third-order valence-electron chi connectivity index (χ3n) is 1.92. The van der Waals surface area contributed by atoms with Crippen LogP contribution < -0.4 is 11.1 Å². The summed E-state index contributed by atoms with van der Waals surface area (Å²) in [5.41, 5.74) is 6.44. The van der Waals surface area contributed by atoms with Gasteiger partial charge >= 0.3 is 0 Å². The van der Waals surface area contributed by atoms with Gasteiger partial charge in [-0.25, -0.2) is 4.98 Å². The third kappa shape index (κ3) is 2.52. The first kappa shape index (κ1) is 11.1. The molecule has 5 heteroatoms. The summed E-state index contributed by atoms with van der Waals surface area (Å²) in [7, 11) is 0. The van der Waals surface area contributed by atoms with Crippen molar-refractivity contribution in [3.63, 3.8) is 0 Å². The lowest BCUT2D eigenvalue weighted by Gasteiger charge is -2.08. The second-order valence-corrected chi connectivity index (χ2v) is 4.35. The van der Waals surface area contributed by atoms with Crippen LogP contribution in [0, 0.1) is 13.8 Å². The number of anilines is 1. The van der Waals surface area contributed by atoms with Crippen molar-refractivity contribution >= 4 is 22.2 Å². The summed E-state index contributed by atoms with van der Waals surface area (Å²) in [5, 5.41) is 4.52. The van der Waals surface area contributed by atoms with Gasteiger partial charge in [0.05, 0.1) is 16.7 Å². The maximum absolute atomic E-state index is 11.4. The molecule has 1 unspecified atom stereocenters. The van der Waals surface area contributed by atoms with E-state index in [-0.39, 0.29) is 5.91 Å². The van der Waals surface area contributed by atoms with Crippen LogP contribution in [0.15, 0.2) is 0 Å². The molecule has 1 atom stereocenters. The molecule has 1 aromatic heterocycles. The van der Waals surface area contributed by atoms with Gasteiger partial charge in [0.15, 0.2) is 0 Å². The Kier molecular flexibility index (Phi) is 3.60. The number of hydrogen-bond donors (Lipinski definition) is 2. The average molecular weight is 213 g/mol. The molecular weight excluding hydrogens is 198 g/mol. The Morgan fingerprint density at radius 2 is 2.29 bits per heavy atom. The predicted octanol–water partition coefficient (Wildman–Crippen LogP) is 1.44. The fourth-order valence-corrected chi connectivity index (χ4v) is 1.86. The van der Waals surface area contributed by atoms with E-state index < -0.39 is 6.04 Å². The van der Waals surface area contributed by atoms with Crippen LogP contribution in [-0.4, -0.2) is 16.9 Å². The van der Waals surface area contributed by atoms with E-state index in [4.69, 9.17) is 5.73 Å². The zero-order chi connectivity index (χ0) is 10.7. The van der Waals surface area contributed by atoms with E-state index in [9.17, 15) is 4.79 Å². The SMILES string of the molecule is CCC(N)C(=O)Nc1sc(C)nc1C. The van der Waals surface area contributed by atoms with E-state index in [1.807, 2.05) is 20.8 Å². The average Bonchev–Trinajstić information content (AvgIpc) is 2.44. The van der Waals surface area contributed by atoms with Crippen molar-refractivity contribution in [2.75, 3.05) is 5.32 Å². The van der Waals surface area contributed by atoms with E-state index in [0.717, 1.165) is 15.7 Å². The molecular formula is C9H15N3OS. The van der Waals surface area contributed by atoms with Crippen LogP contribution in [0.5, 0.6) is 0 Å². The van der Waals surface area contributed by atoms with Crippen LogP contribution in [0.1, 0.15) is 24.0 Å². The number of thiazole rings is 1. The van der Waals surface area contributed by atoms with Crippen LogP contribution in [0.25, 0.3) is 0 Å². The highest BCUT2D eigenvalue weighted by atomic mass is 32.1. The van der Waals surface area contributed by atoms with Crippen molar-refractivity contribution in [2.45, 2.75) is 33.2 Å². The topological polar surface area (TPSA) is 68.0 Å². The lowest BCUT2D eigenvalue weighted by molar-refractivity contribution is -0.117. The quantitative estimate of drug-likeness (QED) is 0.798. The molecule has 3 N–H and O–H groups in total. The number of carbonyl (C=O) groups excluding carboxylic acids is 1. The maximum atomic E-state index is 11.4. The molecule has 0 aromatic carbocycles. The van der Waals surface area contributed by atoms with Crippen LogP contribution in [-0.2, 0) is 4.79 Å². The smallest absolute Gasteiger partial charge is 0.241 e. The Hall–Kier alpha value is -0.940. The van der Waals surface area contributed by atoms with Crippen molar-refractivity contribution in [1.29, 1.82) is 0 Å². The monoisotopic (exact) mass is 213 g/mol. The first-order valence-electron chi connectivity index (χ1n) is 4.55. The minimum absolute atomic E-state index is 0.140. The molecule has 0 aliphatic heterocycles. The van der Waals surface area contributed by atoms with E-state index in [1.54, 1.807) is 0 Å². The van der Waals surface area contributed by atoms with Gasteiger partial charge in [-0.05, 0) is 20.3 Å². The second-order valence-electron chi connectivity index (χ2n) is 3.15. The second kappa shape index (κ2) is 4.52. The molecule has 0 spiro atoms. The van der Waals surface area contributed by atoms with Crippen LogP contribution in [0.3, 0.4) is 0 Å². The van der Waals surface area contributed by atoms with Crippen molar-refractivity contribution in [2.24, 2.45) is 5.73 Å². The lowest BCUT2D eigenvalue weighted by atomic mass is 10.2. The van der Waals surface area contributed by atoms with Gasteiger partial charge in [0.2, 0.25) is 5.91 Å². The summed E-state index contributed by atoms with van der Waals surface area (Å²) in [6.07, 6.45) is 0.642. The molecule has 78 valence electrons. The highest BCUT2D eigenvalue weighted by Gasteiger charge is 2.13. The summed E-state index contributed by atoms with van der Waals surface area (Å²) in [6.45, 7) is 5.67. The van der Waals surface area contributed by atoms with Crippen molar-refractivity contribution < 1.29 is 4.79 Å². The largest absolute Gasteiger partial charge is 0.320 e. The molecule has 0 bridgehead atoms. The fraction of sp³-hybridized carbons (Fsp3) is 0.556. The van der Waals surface area contributed by atoms with Gasteiger partial charge in [0.1, 0.15) is 5.00 Å². The summed E-state index contributed by atoms with van der Waals surface area (Å²) in [6, 6.07) is -0.434. The Balaban J connectivity index is 2.69. The number of nitrogens with one attached hydrogen (secondary N) is 1. The summed E-state index contributed by atoms with van der Waals surface area (Å²) < 4.78 is 0. The minimum atomic E-state index is -0.434. The molecule has 0 aliphatic carbocycles. The van der Waals surface area contributed by atoms with Gasteiger partial charge in [-0.3, -0.25) is 4.79 Å². The number of aromatic nitrogens is 1. The molecule has 4 nitrogen and oxygen atoms in total. The number of carbonyl (C=O) groups is 1. The number of nitrogens with zero attached hydrogens (tertiary/aromatic N) is 1. The molecule has 0 aliphatic rings. The number of nitrogens with two attached hydrogens (primary N) is 1. The van der Waals surface area contributed by atoms with Crippen molar-refractivity contribution in [1.82, 2.24) is 4.98 Å². The third-order valence-corrected chi connectivity index (χ3v) is 2.91. The fourth-order valence-electron chi connectivity index (χ4n) is 1.04. The van der Waals surface area contributed by atoms with Crippen LogP contribution >= 0.6 is 11.3 Å². The molecule has 1 amide bonds. The van der Waals surface area contributed by atoms with E-state index >= 15 is 0 Å². The summed E-state index contributed by atoms with van der Waals surface area (Å²) in [4.78, 5) is 15.7. The first-order valence-corrected chi connectivity index (χ1v) is 5.36. The molecule has 1 heterocycles. The molecule has 0 saturated carbocycles. The van der Waals surface area contributed by atoms with Gasteiger partial charge < -0.3 is 11.1 Å². The van der Waals surface area contributed by atoms with E-state index in [0.29, 0.717) is 6.42 Å². The number of hydrogen-bond acceptors (Lipinski definition) is 4. The Morgan fingerprint density at radius 3 is 2.71 bits per heavy atom. The molecule has 1 aromatic rings. The lowest BCUT2D eigenvalue weighted by Crippen LogP contribution is -2.34. The molecule has 0 saturated heterocycles. The van der Waals surface area contributed by atoms with Gasteiger partial charge in [-0.15, -0.1) is 11.3 Å². The van der Waals surface area contributed by atoms with E-state index in [2.05, 4.69) is 10.3 Å². The van der Waals surface area contributed by atoms with Crippen molar-refractivity contribution in [3.8, 4) is 0 Å². The van der Waals surface area contributed by atoms with Crippen molar-refractivity contribution in [3.05, 3.63) is 10.7 Å². The number of rotatable bonds is 3. The highest BCUT2D eigenvalue weighted by Crippen LogP contribution is 2.23. The predicted molar refractivity (Wildman–Crippen MR) is 58.5 cm³/mol. The standard InChI is InChI=1S/C9H15N3OS/c1-4-7(10)8(13)12-9-5(2)11-6(3)14-9/h7H,4,10H2,1-3H3,(H,12,13). The van der Waals surface area contributed by atoms with Gasteiger partial charge in [-0.2, -0.15) is 0 Å². The van der Waals surface area contributed by atoms with Gasteiger partial charge in [0.25, 0.3) is 0 Å². The van der Waals surface area contributed by atoms with Crippen LogP contribution in [0.4, 0.5) is 5.00 Å². The number of aryl methyl sites for hydroxylation is 2. The Bertz CT molecular complexity index is 335. The Labute approximate surface area is 87.5 Å². The van der Waals surface area contributed by atoms with E-state index in [1.165, 1.54) is 11.3 Å². The van der Waals surface area contributed by atoms with Gasteiger partial charge in [0, 0.05) is 0 Å². The normalized spacial score (nSPS) is 12.6. The molecule has 0 radical (unpaired) electrons. The highest BCUT2D eigenvalue weighted by molar-refractivity contribution is 7.16.